The second-order valence-corrected chi connectivity index (χ2v) is 7.31. The summed E-state index contributed by atoms with van der Waals surface area (Å²) < 4.78 is 1.07. The molecule has 1 amide bonds. The van der Waals surface area contributed by atoms with Crippen LogP contribution in [0.4, 0.5) is 0 Å². The van der Waals surface area contributed by atoms with E-state index < -0.39 is 5.97 Å². The molecule has 0 aliphatic carbocycles. The first-order valence-corrected chi connectivity index (χ1v) is 9.16. The van der Waals surface area contributed by atoms with Gasteiger partial charge in [0.05, 0.1) is 0 Å². The summed E-state index contributed by atoms with van der Waals surface area (Å²) in [6, 6.07) is 8.64. The van der Waals surface area contributed by atoms with Crippen LogP contribution in [0, 0.1) is 0 Å². The molecule has 24 heavy (non-hydrogen) atoms. The minimum atomic E-state index is -0.950. The maximum atomic E-state index is 11.8. The van der Waals surface area contributed by atoms with Gasteiger partial charge in [-0.15, -0.1) is 0 Å². The first kappa shape index (κ1) is 18.9. The molecule has 0 aromatic heterocycles. The van der Waals surface area contributed by atoms with Crippen LogP contribution in [-0.2, 0) is 9.59 Å². The first-order valence-electron chi connectivity index (χ1n) is 8.37. The lowest BCUT2D eigenvalue weighted by Crippen LogP contribution is -2.42. The Morgan fingerprint density at radius 2 is 2.12 bits per heavy atom. The number of hydrogen-bond donors (Lipinski definition) is 1. The van der Waals surface area contributed by atoms with Gasteiger partial charge in [0.25, 0.3) is 0 Å². The molecule has 1 aliphatic heterocycles. The van der Waals surface area contributed by atoms with Gasteiger partial charge < -0.3 is 10.0 Å². The van der Waals surface area contributed by atoms with Crippen LogP contribution in [0.5, 0.6) is 0 Å². The number of halogens is 1. The topological polar surface area (TPSA) is 60.9 Å². The summed E-state index contributed by atoms with van der Waals surface area (Å²) in [7, 11) is 0. The van der Waals surface area contributed by atoms with Gasteiger partial charge in [0, 0.05) is 30.0 Å². The molecule has 2 unspecified atom stereocenters. The van der Waals surface area contributed by atoms with Crippen molar-refractivity contribution in [2.24, 2.45) is 0 Å². The molecule has 2 atom stereocenters. The lowest BCUT2D eigenvalue weighted by Gasteiger charge is -2.30. The number of carboxylic acid groups (broad SMARTS) is 1. The number of benzene rings is 1. The lowest BCUT2D eigenvalue weighted by molar-refractivity contribution is -0.145. The zero-order valence-corrected chi connectivity index (χ0v) is 15.8. The summed E-state index contributed by atoms with van der Waals surface area (Å²) >= 11 is 3.52. The van der Waals surface area contributed by atoms with Crippen molar-refractivity contribution < 1.29 is 14.7 Å². The Kier molecular flexibility index (Phi) is 6.80. The Balaban J connectivity index is 2.03. The zero-order valence-electron chi connectivity index (χ0n) is 14.2. The average Bonchev–Trinajstić information content (AvgIpc) is 2.77. The highest BCUT2D eigenvalue weighted by Gasteiger charge is 2.27. The normalized spacial score (nSPS) is 20.2. The molecule has 6 heteroatoms. The van der Waals surface area contributed by atoms with Crippen molar-refractivity contribution in [3.8, 4) is 0 Å². The molecule has 5 nitrogen and oxygen atoms in total. The molecule has 0 radical (unpaired) electrons. The maximum Gasteiger partial charge on any atom is 0.323 e. The Morgan fingerprint density at radius 3 is 2.75 bits per heavy atom. The van der Waals surface area contributed by atoms with Crippen LogP contribution in [-0.4, -0.2) is 52.5 Å². The third-order valence-corrected chi connectivity index (χ3v) is 5.26. The third kappa shape index (κ3) is 5.05. The van der Waals surface area contributed by atoms with Crippen LogP contribution >= 0.6 is 15.9 Å². The maximum absolute atomic E-state index is 11.8. The van der Waals surface area contributed by atoms with Gasteiger partial charge in [-0.1, -0.05) is 28.1 Å². The van der Waals surface area contributed by atoms with Crippen molar-refractivity contribution in [3.63, 3.8) is 0 Å². The number of amides is 1. The minimum Gasteiger partial charge on any atom is -0.480 e. The number of carbonyl (C=O) groups excluding carboxylic acids is 1. The minimum absolute atomic E-state index is 0.0123. The standard InChI is InChI=1S/C18H25BrN2O3/c1-13(15-5-3-6-16(19)11-15)20-9-4-7-17(8-10-20)21(14(2)22)12-18(23)24/h3,5-6,11,13,17H,4,7-10,12H2,1-2H3,(H,23,24). The fourth-order valence-corrected chi connectivity index (χ4v) is 3.84. The van der Waals surface area contributed by atoms with Crippen molar-refractivity contribution in [2.45, 2.75) is 45.2 Å². The van der Waals surface area contributed by atoms with E-state index in [1.165, 1.54) is 17.4 Å². The van der Waals surface area contributed by atoms with E-state index in [1.54, 1.807) is 0 Å². The quantitative estimate of drug-likeness (QED) is 0.829. The Hall–Kier alpha value is -1.40. The van der Waals surface area contributed by atoms with Gasteiger partial charge in [-0.25, -0.2) is 0 Å². The van der Waals surface area contributed by atoms with Gasteiger partial charge in [-0.2, -0.15) is 0 Å². The van der Waals surface area contributed by atoms with Crippen LogP contribution in [0.3, 0.4) is 0 Å². The fraction of sp³-hybridized carbons (Fsp3) is 0.556. The monoisotopic (exact) mass is 396 g/mol. The van der Waals surface area contributed by atoms with E-state index in [1.807, 2.05) is 12.1 Å². The number of nitrogens with zero attached hydrogens (tertiary/aromatic N) is 2. The van der Waals surface area contributed by atoms with Crippen LogP contribution in [0.15, 0.2) is 28.7 Å². The fourth-order valence-electron chi connectivity index (χ4n) is 3.42. The predicted molar refractivity (Wildman–Crippen MR) is 96.8 cm³/mol. The van der Waals surface area contributed by atoms with E-state index in [0.29, 0.717) is 6.04 Å². The van der Waals surface area contributed by atoms with Gasteiger partial charge in [-0.05, 0) is 50.4 Å². The zero-order chi connectivity index (χ0) is 17.7. The van der Waals surface area contributed by atoms with E-state index in [4.69, 9.17) is 5.11 Å². The highest BCUT2D eigenvalue weighted by atomic mass is 79.9. The molecule has 1 aromatic rings. The van der Waals surface area contributed by atoms with Crippen molar-refractivity contribution >= 4 is 27.8 Å². The van der Waals surface area contributed by atoms with Gasteiger partial charge in [-0.3, -0.25) is 14.5 Å². The van der Waals surface area contributed by atoms with E-state index in [9.17, 15) is 9.59 Å². The highest BCUT2D eigenvalue weighted by Crippen LogP contribution is 2.27. The number of carboxylic acids is 1. The summed E-state index contributed by atoms with van der Waals surface area (Å²) in [5.74, 6) is -1.11. The molecule has 1 N–H and O–H groups in total. The SMILES string of the molecule is CC(=O)N(CC(=O)O)C1CCCN(C(C)c2cccc(Br)c2)CC1. The van der Waals surface area contributed by atoms with Gasteiger partial charge in [0.2, 0.25) is 5.91 Å². The van der Waals surface area contributed by atoms with Crippen LogP contribution < -0.4 is 0 Å². The predicted octanol–water partition coefficient (Wildman–Crippen LogP) is 3.30. The Bertz CT molecular complexity index is 593. The van der Waals surface area contributed by atoms with E-state index in [-0.39, 0.29) is 18.5 Å². The van der Waals surface area contributed by atoms with Gasteiger partial charge >= 0.3 is 5.97 Å². The average molecular weight is 397 g/mol. The van der Waals surface area contributed by atoms with Gasteiger partial charge in [0.1, 0.15) is 6.54 Å². The summed E-state index contributed by atoms with van der Waals surface area (Å²) in [5.41, 5.74) is 1.26. The molecule has 1 aliphatic rings. The number of rotatable bonds is 5. The summed E-state index contributed by atoms with van der Waals surface area (Å²) in [6.45, 7) is 5.27. The first-order chi connectivity index (χ1) is 11.4. The van der Waals surface area contributed by atoms with Crippen LogP contribution in [0.2, 0.25) is 0 Å². The molecule has 0 spiro atoms. The molecule has 2 rings (SSSR count). The number of likely N-dealkylation sites (tertiary alicyclic amines) is 1. The molecule has 1 aromatic carbocycles. The van der Waals surface area contributed by atoms with E-state index >= 15 is 0 Å². The van der Waals surface area contributed by atoms with Crippen LogP contribution in [0.1, 0.15) is 44.7 Å². The summed E-state index contributed by atoms with van der Waals surface area (Å²) in [5, 5.41) is 9.04. The van der Waals surface area contributed by atoms with E-state index in [2.05, 4.69) is 39.9 Å². The summed E-state index contributed by atoms with van der Waals surface area (Å²) in [4.78, 5) is 26.8. The second-order valence-electron chi connectivity index (χ2n) is 6.39. The molecule has 0 bridgehead atoms. The summed E-state index contributed by atoms with van der Waals surface area (Å²) in [6.07, 6.45) is 2.63. The smallest absolute Gasteiger partial charge is 0.323 e. The number of aliphatic carboxylic acids is 1. The number of carbonyl (C=O) groups is 2. The van der Waals surface area contributed by atoms with Crippen molar-refractivity contribution in [2.75, 3.05) is 19.6 Å². The molecule has 132 valence electrons. The Morgan fingerprint density at radius 1 is 1.38 bits per heavy atom. The Labute approximate surface area is 151 Å². The second kappa shape index (κ2) is 8.62. The highest BCUT2D eigenvalue weighted by molar-refractivity contribution is 9.10. The van der Waals surface area contributed by atoms with Crippen molar-refractivity contribution in [3.05, 3.63) is 34.3 Å². The van der Waals surface area contributed by atoms with Crippen molar-refractivity contribution in [1.29, 1.82) is 0 Å². The lowest BCUT2D eigenvalue weighted by atomic mass is 10.1. The molecule has 1 fully saturated rings. The molecule has 0 saturated carbocycles. The number of hydrogen-bond acceptors (Lipinski definition) is 3. The van der Waals surface area contributed by atoms with Crippen LogP contribution in [0.25, 0.3) is 0 Å². The van der Waals surface area contributed by atoms with E-state index in [0.717, 1.165) is 36.8 Å². The molecular weight excluding hydrogens is 372 g/mol. The van der Waals surface area contributed by atoms with Gasteiger partial charge in [0.15, 0.2) is 0 Å². The molecule has 1 heterocycles. The largest absolute Gasteiger partial charge is 0.480 e. The molecule has 1 saturated heterocycles. The third-order valence-electron chi connectivity index (χ3n) is 4.76. The molecular formula is C18H25BrN2O3. The van der Waals surface area contributed by atoms with Crippen molar-refractivity contribution in [1.82, 2.24) is 9.80 Å².